The molecule has 1 amide bonds. The van der Waals surface area contributed by atoms with E-state index in [9.17, 15) is 14.7 Å². The summed E-state index contributed by atoms with van der Waals surface area (Å²) >= 11 is 1.43. The Bertz CT molecular complexity index is 677. The van der Waals surface area contributed by atoms with E-state index in [1.165, 1.54) is 11.3 Å². The second-order valence-electron chi connectivity index (χ2n) is 5.69. The summed E-state index contributed by atoms with van der Waals surface area (Å²) in [6, 6.07) is 5.78. The molecule has 1 N–H and O–H groups in total. The Labute approximate surface area is 132 Å². The molecule has 1 fully saturated rings. The predicted molar refractivity (Wildman–Crippen MR) is 84.5 cm³/mol. The van der Waals surface area contributed by atoms with Crippen molar-refractivity contribution in [1.82, 2.24) is 9.47 Å². The van der Waals surface area contributed by atoms with Crippen LogP contribution in [-0.4, -0.2) is 39.5 Å². The average molecular weight is 318 g/mol. The summed E-state index contributed by atoms with van der Waals surface area (Å²) in [4.78, 5) is 26.4. The number of carbonyl (C=O) groups is 2. The van der Waals surface area contributed by atoms with Gasteiger partial charge >= 0.3 is 5.97 Å². The number of aliphatic carboxylic acids is 1. The number of nitrogens with zero attached hydrogens (tertiary/aromatic N) is 2. The summed E-state index contributed by atoms with van der Waals surface area (Å²) in [7, 11) is 0. The topological polar surface area (TPSA) is 62.5 Å². The summed E-state index contributed by atoms with van der Waals surface area (Å²) in [6.45, 7) is 2.90. The van der Waals surface area contributed by atoms with Crippen LogP contribution in [0.5, 0.6) is 0 Å². The number of carbonyl (C=O) groups excluding carboxylic acids is 1. The lowest BCUT2D eigenvalue weighted by molar-refractivity contribution is -0.145. The number of carboxylic acids is 1. The van der Waals surface area contributed by atoms with Crippen molar-refractivity contribution in [2.45, 2.75) is 13.3 Å². The molecule has 0 aliphatic carbocycles. The van der Waals surface area contributed by atoms with E-state index < -0.39 is 5.97 Å². The van der Waals surface area contributed by atoms with Crippen LogP contribution in [-0.2, 0) is 4.79 Å². The largest absolute Gasteiger partial charge is 0.481 e. The first kappa shape index (κ1) is 14.8. The molecule has 116 valence electrons. The van der Waals surface area contributed by atoms with E-state index in [1.807, 2.05) is 47.5 Å². The van der Waals surface area contributed by atoms with Gasteiger partial charge in [0, 0.05) is 25.5 Å². The Morgan fingerprint density at radius 1 is 1.32 bits per heavy atom. The highest BCUT2D eigenvalue weighted by atomic mass is 32.1. The molecule has 2 atom stereocenters. The number of thiophene rings is 1. The van der Waals surface area contributed by atoms with Gasteiger partial charge < -0.3 is 14.6 Å². The van der Waals surface area contributed by atoms with E-state index in [-0.39, 0.29) is 17.7 Å². The molecule has 0 radical (unpaired) electrons. The van der Waals surface area contributed by atoms with Gasteiger partial charge in [-0.2, -0.15) is 0 Å². The quantitative estimate of drug-likeness (QED) is 0.946. The summed E-state index contributed by atoms with van der Waals surface area (Å²) in [5.74, 6) is -1.14. The van der Waals surface area contributed by atoms with E-state index in [2.05, 4.69) is 0 Å². The lowest BCUT2D eigenvalue weighted by Gasteiger charge is -2.34. The van der Waals surface area contributed by atoms with Crippen molar-refractivity contribution < 1.29 is 14.7 Å². The molecule has 2 aromatic rings. The lowest BCUT2D eigenvalue weighted by Crippen LogP contribution is -2.45. The third-order valence-corrected chi connectivity index (χ3v) is 5.12. The molecule has 5 nitrogen and oxygen atoms in total. The van der Waals surface area contributed by atoms with E-state index in [0.717, 1.165) is 5.69 Å². The minimum absolute atomic E-state index is 0.00520. The molecule has 3 heterocycles. The van der Waals surface area contributed by atoms with Crippen LogP contribution in [0.3, 0.4) is 0 Å². The Kier molecular flexibility index (Phi) is 4.02. The smallest absolute Gasteiger partial charge is 0.306 e. The SMILES string of the molecule is CC1CN(C(=O)c2sccc2-n2cccc2)CCC1C(=O)O. The fourth-order valence-electron chi connectivity index (χ4n) is 3.00. The van der Waals surface area contributed by atoms with Crippen molar-refractivity contribution in [3.05, 3.63) is 40.8 Å². The number of likely N-dealkylation sites (tertiary alicyclic amines) is 1. The molecule has 2 aromatic heterocycles. The van der Waals surface area contributed by atoms with Crippen molar-refractivity contribution in [1.29, 1.82) is 0 Å². The first-order valence-electron chi connectivity index (χ1n) is 7.31. The molecule has 1 aliphatic rings. The number of piperidine rings is 1. The predicted octanol–water partition coefficient (Wildman–Crippen LogP) is 2.72. The van der Waals surface area contributed by atoms with Crippen molar-refractivity contribution >= 4 is 23.2 Å². The van der Waals surface area contributed by atoms with Crippen molar-refractivity contribution in [3.63, 3.8) is 0 Å². The third kappa shape index (κ3) is 2.66. The highest BCUT2D eigenvalue weighted by molar-refractivity contribution is 7.12. The average Bonchev–Trinajstić information content (AvgIpc) is 3.16. The summed E-state index contributed by atoms with van der Waals surface area (Å²) < 4.78 is 1.93. The van der Waals surface area contributed by atoms with Crippen LogP contribution in [0.15, 0.2) is 36.0 Å². The minimum atomic E-state index is -0.760. The van der Waals surface area contributed by atoms with E-state index in [0.29, 0.717) is 24.4 Å². The zero-order valence-corrected chi connectivity index (χ0v) is 13.1. The van der Waals surface area contributed by atoms with Crippen LogP contribution < -0.4 is 0 Å². The number of amides is 1. The molecule has 1 aliphatic heterocycles. The molecule has 0 bridgehead atoms. The van der Waals surface area contributed by atoms with Gasteiger partial charge in [-0.1, -0.05) is 6.92 Å². The number of carboxylic acid groups (broad SMARTS) is 1. The van der Waals surface area contributed by atoms with Gasteiger partial charge in [0.2, 0.25) is 0 Å². The highest BCUT2D eigenvalue weighted by Crippen LogP contribution is 2.28. The molecule has 0 spiro atoms. The van der Waals surface area contributed by atoms with E-state index in [1.54, 1.807) is 4.90 Å². The molecule has 2 unspecified atom stereocenters. The number of hydrogen-bond donors (Lipinski definition) is 1. The van der Waals surface area contributed by atoms with Crippen LogP contribution in [0.1, 0.15) is 23.0 Å². The van der Waals surface area contributed by atoms with Crippen LogP contribution in [0.25, 0.3) is 5.69 Å². The van der Waals surface area contributed by atoms with Crippen molar-refractivity contribution in [2.75, 3.05) is 13.1 Å². The molecule has 3 rings (SSSR count). The summed E-state index contributed by atoms with van der Waals surface area (Å²) in [5.41, 5.74) is 0.882. The van der Waals surface area contributed by atoms with Gasteiger partial charge in [0.05, 0.1) is 11.6 Å². The monoisotopic (exact) mass is 318 g/mol. The van der Waals surface area contributed by atoms with Crippen molar-refractivity contribution in [3.8, 4) is 5.69 Å². The summed E-state index contributed by atoms with van der Waals surface area (Å²) in [6.07, 6.45) is 4.35. The lowest BCUT2D eigenvalue weighted by atomic mass is 9.87. The van der Waals surface area contributed by atoms with Gasteiger partial charge in [-0.3, -0.25) is 9.59 Å². The number of hydrogen-bond acceptors (Lipinski definition) is 3. The first-order valence-corrected chi connectivity index (χ1v) is 8.19. The molecular weight excluding hydrogens is 300 g/mol. The van der Waals surface area contributed by atoms with Crippen LogP contribution >= 0.6 is 11.3 Å². The zero-order chi connectivity index (χ0) is 15.7. The maximum absolute atomic E-state index is 12.8. The normalized spacial score (nSPS) is 21.8. The molecule has 6 heteroatoms. The summed E-state index contributed by atoms with van der Waals surface area (Å²) in [5, 5.41) is 11.1. The number of rotatable bonds is 3. The molecule has 0 saturated carbocycles. The molecule has 1 saturated heterocycles. The molecule has 0 aromatic carbocycles. The Balaban J connectivity index is 1.79. The fraction of sp³-hybridized carbons (Fsp3) is 0.375. The molecule has 22 heavy (non-hydrogen) atoms. The standard InChI is InChI=1S/C16H18N2O3S/c1-11-10-18(8-4-12(11)16(20)21)15(19)14-13(5-9-22-14)17-6-2-3-7-17/h2-3,5-7,9,11-12H,4,8,10H2,1H3,(H,20,21). The van der Waals surface area contributed by atoms with Crippen molar-refractivity contribution in [2.24, 2.45) is 11.8 Å². The Morgan fingerprint density at radius 2 is 2.05 bits per heavy atom. The maximum atomic E-state index is 12.8. The Morgan fingerprint density at radius 3 is 2.68 bits per heavy atom. The highest BCUT2D eigenvalue weighted by Gasteiger charge is 2.34. The third-order valence-electron chi connectivity index (χ3n) is 4.23. The van der Waals surface area contributed by atoms with Crippen LogP contribution in [0.4, 0.5) is 0 Å². The number of aromatic nitrogens is 1. The first-order chi connectivity index (χ1) is 10.6. The van der Waals surface area contributed by atoms with Gasteiger partial charge in [-0.15, -0.1) is 11.3 Å². The van der Waals surface area contributed by atoms with Gasteiger partial charge in [0.15, 0.2) is 0 Å². The van der Waals surface area contributed by atoms with Crippen LogP contribution in [0, 0.1) is 11.8 Å². The van der Waals surface area contributed by atoms with E-state index >= 15 is 0 Å². The van der Waals surface area contributed by atoms with Gasteiger partial charge in [-0.05, 0) is 35.9 Å². The van der Waals surface area contributed by atoms with Gasteiger partial charge in [0.25, 0.3) is 5.91 Å². The second kappa shape index (κ2) is 5.96. The fourth-order valence-corrected chi connectivity index (χ4v) is 3.86. The Hall–Kier alpha value is -2.08. The zero-order valence-electron chi connectivity index (χ0n) is 12.3. The van der Waals surface area contributed by atoms with Gasteiger partial charge in [-0.25, -0.2) is 0 Å². The molecular formula is C16H18N2O3S. The minimum Gasteiger partial charge on any atom is -0.481 e. The van der Waals surface area contributed by atoms with Crippen LogP contribution in [0.2, 0.25) is 0 Å². The second-order valence-corrected chi connectivity index (χ2v) is 6.60. The maximum Gasteiger partial charge on any atom is 0.306 e. The van der Waals surface area contributed by atoms with Gasteiger partial charge in [0.1, 0.15) is 4.88 Å². The van der Waals surface area contributed by atoms with E-state index in [4.69, 9.17) is 0 Å².